The number of aryl methyl sites for hydroxylation is 1. The van der Waals surface area contributed by atoms with E-state index in [1.165, 1.54) is 0 Å². The van der Waals surface area contributed by atoms with Crippen molar-refractivity contribution in [1.82, 2.24) is 19.8 Å². The second-order valence-corrected chi connectivity index (χ2v) is 7.04. The molecule has 2 aromatic rings. The first-order chi connectivity index (χ1) is 12.5. The highest BCUT2D eigenvalue weighted by Gasteiger charge is 2.23. The van der Waals surface area contributed by atoms with E-state index in [0.29, 0.717) is 46.2 Å². The summed E-state index contributed by atoms with van der Waals surface area (Å²) < 4.78 is 0. The number of rotatable bonds is 4. The standard InChI is InChI=1S/C18H21Cl2N5O/c1-3-24-6-8-25(9-7-24)17(26)16-10-12(2)21-18(23-16)22-15-5-4-13(19)11-14(15)20/h4-5,10-11H,3,6-9H2,1-2H3,(H,21,22,23). The van der Waals surface area contributed by atoms with Crippen molar-refractivity contribution in [3.05, 3.63) is 45.7 Å². The molecule has 2 heterocycles. The maximum absolute atomic E-state index is 12.8. The summed E-state index contributed by atoms with van der Waals surface area (Å²) in [6, 6.07) is 6.83. The Morgan fingerprint density at radius 2 is 1.88 bits per heavy atom. The Kier molecular flexibility index (Phi) is 5.96. The van der Waals surface area contributed by atoms with Crippen molar-refractivity contribution in [2.75, 3.05) is 38.0 Å². The van der Waals surface area contributed by atoms with Crippen LogP contribution in [0.5, 0.6) is 0 Å². The molecular formula is C18H21Cl2N5O. The lowest BCUT2D eigenvalue weighted by Crippen LogP contribution is -2.48. The second-order valence-electron chi connectivity index (χ2n) is 6.19. The molecule has 0 spiro atoms. The molecule has 0 atom stereocenters. The van der Waals surface area contributed by atoms with Crippen LogP contribution in [-0.4, -0.2) is 58.4 Å². The molecule has 0 saturated carbocycles. The highest BCUT2D eigenvalue weighted by atomic mass is 35.5. The fourth-order valence-corrected chi connectivity index (χ4v) is 3.33. The van der Waals surface area contributed by atoms with Gasteiger partial charge in [-0.05, 0) is 37.7 Å². The van der Waals surface area contributed by atoms with Crippen LogP contribution >= 0.6 is 23.2 Å². The summed E-state index contributed by atoms with van der Waals surface area (Å²) in [4.78, 5) is 25.7. The van der Waals surface area contributed by atoms with Crippen LogP contribution in [0, 0.1) is 6.92 Å². The van der Waals surface area contributed by atoms with Crippen molar-refractivity contribution in [2.24, 2.45) is 0 Å². The molecule has 0 aliphatic carbocycles. The van der Waals surface area contributed by atoms with Crippen LogP contribution in [0.3, 0.4) is 0 Å². The first-order valence-electron chi connectivity index (χ1n) is 8.55. The Balaban J connectivity index is 1.78. The van der Waals surface area contributed by atoms with E-state index in [4.69, 9.17) is 23.2 Å². The Morgan fingerprint density at radius 1 is 1.15 bits per heavy atom. The number of nitrogens with zero attached hydrogens (tertiary/aromatic N) is 4. The van der Waals surface area contributed by atoms with Crippen molar-refractivity contribution in [2.45, 2.75) is 13.8 Å². The van der Waals surface area contributed by atoms with Crippen LogP contribution in [0.4, 0.5) is 11.6 Å². The summed E-state index contributed by atoms with van der Waals surface area (Å²) in [6.07, 6.45) is 0. The Bertz CT molecular complexity index is 806. The van der Waals surface area contributed by atoms with Crippen molar-refractivity contribution in [3.63, 3.8) is 0 Å². The number of hydrogen-bond acceptors (Lipinski definition) is 5. The molecule has 1 aromatic heterocycles. The number of anilines is 2. The van der Waals surface area contributed by atoms with Crippen LogP contribution < -0.4 is 5.32 Å². The molecule has 1 N–H and O–H groups in total. The third-order valence-electron chi connectivity index (χ3n) is 4.36. The predicted molar refractivity (Wildman–Crippen MR) is 105 cm³/mol. The molecule has 1 aliphatic heterocycles. The van der Waals surface area contributed by atoms with Crippen LogP contribution in [0.25, 0.3) is 0 Å². The SMILES string of the molecule is CCN1CCN(C(=O)c2cc(C)nc(Nc3ccc(Cl)cc3Cl)n2)CC1. The van der Waals surface area contributed by atoms with Gasteiger partial charge < -0.3 is 15.1 Å². The molecule has 8 heteroatoms. The van der Waals surface area contributed by atoms with Crippen LogP contribution in [0.15, 0.2) is 24.3 Å². The summed E-state index contributed by atoms with van der Waals surface area (Å²) in [7, 11) is 0. The summed E-state index contributed by atoms with van der Waals surface area (Å²) in [5.41, 5.74) is 1.73. The normalized spacial score (nSPS) is 15.2. The first-order valence-corrected chi connectivity index (χ1v) is 9.31. The molecule has 1 saturated heterocycles. The molecule has 0 unspecified atom stereocenters. The maximum atomic E-state index is 12.8. The molecule has 3 rings (SSSR count). The van der Waals surface area contributed by atoms with Gasteiger partial charge in [-0.25, -0.2) is 9.97 Å². The minimum atomic E-state index is -0.0727. The number of piperazine rings is 1. The zero-order valence-corrected chi connectivity index (χ0v) is 16.3. The smallest absolute Gasteiger partial charge is 0.272 e. The van der Waals surface area contributed by atoms with Crippen molar-refractivity contribution >= 4 is 40.7 Å². The van der Waals surface area contributed by atoms with Crippen molar-refractivity contribution < 1.29 is 4.79 Å². The van der Waals surface area contributed by atoms with E-state index >= 15 is 0 Å². The van der Waals surface area contributed by atoms with Gasteiger partial charge in [0.2, 0.25) is 5.95 Å². The van der Waals surface area contributed by atoms with Gasteiger partial charge in [-0.3, -0.25) is 4.79 Å². The van der Waals surface area contributed by atoms with Gasteiger partial charge in [0.15, 0.2) is 0 Å². The lowest BCUT2D eigenvalue weighted by molar-refractivity contribution is 0.0637. The van der Waals surface area contributed by atoms with Crippen LogP contribution in [0.2, 0.25) is 10.0 Å². The summed E-state index contributed by atoms with van der Waals surface area (Å²) in [5, 5.41) is 4.08. The third-order valence-corrected chi connectivity index (χ3v) is 4.91. The monoisotopic (exact) mass is 393 g/mol. The van der Waals surface area contributed by atoms with Gasteiger partial charge in [0.05, 0.1) is 10.7 Å². The minimum Gasteiger partial charge on any atom is -0.335 e. The Labute approximate surface area is 163 Å². The van der Waals surface area contributed by atoms with E-state index in [-0.39, 0.29) is 5.91 Å². The van der Waals surface area contributed by atoms with E-state index in [2.05, 4.69) is 27.1 Å². The number of likely N-dealkylation sites (N-methyl/N-ethyl adjacent to an activating group) is 1. The number of carbonyl (C=O) groups excluding carboxylic acids is 1. The minimum absolute atomic E-state index is 0.0727. The number of hydrogen-bond donors (Lipinski definition) is 1. The van der Waals surface area contributed by atoms with Gasteiger partial charge in [0.25, 0.3) is 5.91 Å². The van der Waals surface area contributed by atoms with E-state index in [0.717, 1.165) is 19.6 Å². The van der Waals surface area contributed by atoms with E-state index < -0.39 is 0 Å². The van der Waals surface area contributed by atoms with Gasteiger partial charge in [-0.15, -0.1) is 0 Å². The molecular weight excluding hydrogens is 373 g/mol. The van der Waals surface area contributed by atoms with Gasteiger partial charge in [0.1, 0.15) is 5.69 Å². The number of amides is 1. The maximum Gasteiger partial charge on any atom is 0.272 e. The number of carbonyl (C=O) groups is 1. The summed E-state index contributed by atoms with van der Waals surface area (Å²) in [6.45, 7) is 8.16. The average Bonchev–Trinajstić information content (AvgIpc) is 2.63. The van der Waals surface area contributed by atoms with Gasteiger partial charge >= 0.3 is 0 Å². The van der Waals surface area contributed by atoms with Crippen LogP contribution in [-0.2, 0) is 0 Å². The second kappa shape index (κ2) is 8.20. The molecule has 138 valence electrons. The lowest BCUT2D eigenvalue weighted by Gasteiger charge is -2.33. The topological polar surface area (TPSA) is 61.4 Å². The Hall–Kier alpha value is -1.89. The summed E-state index contributed by atoms with van der Waals surface area (Å²) in [5.74, 6) is 0.265. The predicted octanol–water partition coefficient (Wildman–Crippen LogP) is 3.61. The third kappa shape index (κ3) is 4.44. The fraction of sp³-hybridized carbons (Fsp3) is 0.389. The molecule has 0 radical (unpaired) electrons. The molecule has 6 nitrogen and oxygen atoms in total. The molecule has 1 aliphatic rings. The largest absolute Gasteiger partial charge is 0.335 e. The number of halogens is 2. The van der Waals surface area contributed by atoms with Gasteiger partial charge in [0, 0.05) is 36.9 Å². The number of benzene rings is 1. The average molecular weight is 394 g/mol. The van der Waals surface area contributed by atoms with Gasteiger partial charge in [-0.1, -0.05) is 30.1 Å². The zero-order chi connectivity index (χ0) is 18.7. The first kappa shape index (κ1) is 18.9. The van der Waals surface area contributed by atoms with E-state index in [9.17, 15) is 4.79 Å². The quantitative estimate of drug-likeness (QED) is 0.859. The number of nitrogens with one attached hydrogen (secondary N) is 1. The van der Waals surface area contributed by atoms with Crippen molar-refractivity contribution in [1.29, 1.82) is 0 Å². The van der Waals surface area contributed by atoms with E-state index in [1.54, 1.807) is 24.3 Å². The van der Waals surface area contributed by atoms with Crippen LogP contribution in [0.1, 0.15) is 23.1 Å². The molecule has 1 aromatic carbocycles. The van der Waals surface area contributed by atoms with Crippen molar-refractivity contribution in [3.8, 4) is 0 Å². The van der Waals surface area contributed by atoms with Gasteiger partial charge in [-0.2, -0.15) is 0 Å². The molecule has 1 fully saturated rings. The Morgan fingerprint density at radius 3 is 2.54 bits per heavy atom. The number of aromatic nitrogens is 2. The molecule has 26 heavy (non-hydrogen) atoms. The zero-order valence-electron chi connectivity index (χ0n) is 14.8. The van der Waals surface area contributed by atoms with E-state index in [1.807, 2.05) is 11.8 Å². The lowest BCUT2D eigenvalue weighted by atomic mass is 10.2. The molecule has 0 bridgehead atoms. The highest BCUT2D eigenvalue weighted by Crippen LogP contribution is 2.27. The molecule has 1 amide bonds. The highest BCUT2D eigenvalue weighted by molar-refractivity contribution is 6.36. The summed E-state index contributed by atoms with van der Waals surface area (Å²) >= 11 is 12.1. The fourth-order valence-electron chi connectivity index (χ4n) is 2.87.